The fraction of sp³-hybridized carbons (Fsp3) is 0.515. The minimum Gasteiger partial charge on any atom is -0.481 e. The molecule has 2 amide bonds. The fourth-order valence-corrected chi connectivity index (χ4v) is 7.84. The molecular weight excluding hydrogens is 580 g/mol. The average Bonchev–Trinajstić information content (AvgIpc) is 3.53. The molecule has 3 aliphatic heterocycles. The molecule has 5 atom stereocenters. The molecule has 11 heteroatoms. The van der Waals surface area contributed by atoms with Crippen molar-refractivity contribution in [2.45, 2.75) is 84.4 Å². The van der Waals surface area contributed by atoms with E-state index >= 15 is 0 Å². The van der Waals surface area contributed by atoms with Crippen molar-refractivity contribution >= 4 is 41.6 Å². The van der Waals surface area contributed by atoms with Crippen LogP contribution < -0.4 is 10.6 Å². The van der Waals surface area contributed by atoms with E-state index in [-0.39, 0.29) is 48.5 Å². The largest absolute Gasteiger partial charge is 0.481 e. The molecule has 2 aromatic rings. The number of aromatic nitrogens is 2. The number of carboxylic acids is 2. The van der Waals surface area contributed by atoms with Crippen molar-refractivity contribution in [2.24, 2.45) is 17.8 Å². The summed E-state index contributed by atoms with van der Waals surface area (Å²) in [5, 5.41) is 25.6. The van der Waals surface area contributed by atoms with Crippen molar-refractivity contribution in [3.63, 3.8) is 0 Å². The van der Waals surface area contributed by atoms with E-state index in [4.69, 9.17) is 0 Å². The van der Waals surface area contributed by atoms with Gasteiger partial charge in [-0.25, -0.2) is 0 Å². The van der Waals surface area contributed by atoms with E-state index in [1.165, 1.54) is 0 Å². The number of amides is 2. The number of carboxylic acid groups (broad SMARTS) is 2. The number of nitrogens with one attached hydrogen (secondary N) is 4. The number of carbonyl (C=O) groups is 4. The van der Waals surface area contributed by atoms with Gasteiger partial charge in [-0.1, -0.05) is 19.9 Å². The lowest BCUT2D eigenvalue weighted by Crippen LogP contribution is -2.30. The minimum absolute atomic E-state index is 0.0180. The number of hydrogen-bond donors (Lipinski definition) is 6. The zero-order valence-corrected chi connectivity index (χ0v) is 26.7. The number of thioether (sulfide) groups is 1. The summed E-state index contributed by atoms with van der Waals surface area (Å²) in [4.78, 5) is 55.3. The topological polar surface area (TPSA) is 164 Å². The van der Waals surface area contributed by atoms with Gasteiger partial charge in [0.25, 0.3) is 0 Å². The molecule has 0 bridgehead atoms. The van der Waals surface area contributed by atoms with Crippen molar-refractivity contribution < 1.29 is 29.4 Å². The third kappa shape index (κ3) is 6.38. The van der Waals surface area contributed by atoms with Crippen LogP contribution in [0.1, 0.15) is 78.6 Å². The molecule has 1 unspecified atom stereocenters. The first-order valence-electron chi connectivity index (χ1n) is 15.3. The second kappa shape index (κ2) is 12.7. The summed E-state index contributed by atoms with van der Waals surface area (Å²) in [5.74, 6) is -0.689. The molecule has 44 heavy (non-hydrogen) atoms. The Kier molecular flexibility index (Phi) is 9.15. The van der Waals surface area contributed by atoms with Crippen LogP contribution >= 0.6 is 11.8 Å². The first-order valence-corrected chi connectivity index (χ1v) is 16.4. The highest BCUT2D eigenvalue weighted by atomic mass is 32.2. The second-order valence-electron chi connectivity index (χ2n) is 12.4. The van der Waals surface area contributed by atoms with Gasteiger partial charge >= 0.3 is 11.9 Å². The molecule has 0 saturated carbocycles. The van der Waals surface area contributed by atoms with Gasteiger partial charge in [0.2, 0.25) is 11.8 Å². The molecule has 5 rings (SSSR count). The van der Waals surface area contributed by atoms with Gasteiger partial charge in [-0.15, -0.1) is 0 Å². The number of rotatable bonds is 12. The number of hydrogen-bond acceptors (Lipinski definition) is 5. The van der Waals surface area contributed by atoms with Gasteiger partial charge in [-0.2, -0.15) is 11.8 Å². The van der Waals surface area contributed by atoms with Gasteiger partial charge < -0.3 is 30.8 Å². The normalized spacial score (nSPS) is 26.4. The molecule has 6 N–H and O–H groups in total. The molecule has 0 spiro atoms. The second-order valence-corrected chi connectivity index (χ2v) is 13.6. The van der Waals surface area contributed by atoms with Gasteiger partial charge in [0.05, 0.1) is 0 Å². The number of H-pyrrole nitrogens is 2. The molecule has 3 fully saturated rings. The number of aliphatic carboxylic acids is 2. The standard InChI is InChI=1S/C33H42N4O6S/c1-6-19-15(2)24(36-33(19)43)11-22-16(3)20(7-9-29(38)39)25(34-22)13-26-21(8-10-30(40)41)17(4)23(35-26)12-27-31(28-14-44-28)18(5)32(42)37-27/h6,12,15,18,24,28,31,34-35H,7-11,13-14H2,1-5H3,(H,36,43)(H,37,42)(H,38,39)(H,40,41)/b19-6-,27-12-/t15?,18-,24-,28+,31-/m1/s1. The molecule has 10 nitrogen and oxygen atoms in total. The monoisotopic (exact) mass is 622 g/mol. The summed E-state index contributed by atoms with van der Waals surface area (Å²) in [7, 11) is 0. The third-order valence-corrected chi connectivity index (χ3v) is 10.7. The Labute approximate surface area is 261 Å². The zero-order valence-electron chi connectivity index (χ0n) is 25.9. The minimum atomic E-state index is -0.882. The van der Waals surface area contributed by atoms with Crippen LogP contribution in [-0.2, 0) is 44.9 Å². The molecule has 0 aromatic carbocycles. The maximum absolute atomic E-state index is 12.6. The predicted molar refractivity (Wildman–Crippen MR) is 169 cm³/mol. The van der Waals surface area contributed by atoms with Gasteiger partial charge in [0, 0.05) is 94.5 Å². The Hall–Kier alpha value is -3.73. The first-order chi connectivity index (χ1) is 20.9. The Balaban J connectivity index is 1.50. The van der Waals surface area contributed by atoms with E-state index in [1.807, 2.05) is 58.5 Å². The van der Waals surface area contributed by atoms with Crippen LogP contribution in [0, 0.1) is 31.6 Å². The maximum atomic E-state index is 12.6. The maximum Gasteiger partial charge on any atom is 0.303 e. The lowest BCUT2D eigenvalue weighted by Gasteiger charge is -2.15. The van der Waals surface area contributed by atoms with E-state index < -0.39 is 11.9 Å². The summed E-state index contributed by atoms with van der Waals surface area (Å²) < 4.78 is 0. The van der Waals surface area contributed by atoms with E-state index in [0.29, 0.717) is 30.9 Å². The molecule has 0 aliphatic carbocycles. The van der Waals surface area contributed by atoms with Gasteiger partial charge in [0.15, 0.2) is 0 Å². The Morgan fingerprint density at radius 1 is 0.932 bits per heavy atom. The summed E-state index contributed by atoms with van der Waals surface area (Å²) >= 11 is 1.86. The highest BCUT2D eigenvalue weighted by molar-refractivity contribution is 8.06. The highest BCUT2D eigenvalue weighted by Crippen LogP contribution is 2.46. The van der Waals surface area contributed by atoms with Gasteiger partial charge in [-0.3, -0.25) is 19.2 Å². The van der Waals surface area contributed by atoms with Gasteiger partial charge in [0.1, 0.15) is 0 Å². The molecule has 5 heterocycles. The molecule has 0 radical (unpaired) electrons. The van der Waals surface area contributed by atoms with Crippen molar-refractivity contribution in [3.05, 3.63) is 62.4 Å². The number of allylic oxidation sites excluding steroid dienone is 2. The summed E-state index contributed by atoms with van der Waals surface area (Å²) in [6, 6.07) is -0.0788. The van der Waals surface area contributed by atoms with Crippen LogP contribution in [0.5, 0.6) is 0 Å². The first kappa shape index (κ1) is 31.7. The highest BCUT2D eigenvalue weighted by Gasteiger charge is 2.45. The third-order valence-electron chi connectivity index (χ3n) is 9.66. The van der Waals surface area contributed by atoms with E-state index in [0.717, 1.165) is 62.1 Å². The van der Waals surface area contributed by atoms with Crippen LogP contribution in [0.2, 0.25) is 0 Å². The SMILES string of the molecule is C/C=C1\C(=O)N[C@H](Cc2[nH]c(Cc3[nH]c(/C=C4\NC(=O)[C@H](C)[C@H]4[C@@H]4CS4)c(C)c3CCC(=O)O)c(CCC(=O)O)c2C)C1C. The van der Waals surface area contributed by atoms with Crippen molar-refractivity contribution in [1.29, 1.82) is 0 Å². The molecule has 3 aliphatic rings. The zero-order chi connectivity index (χ0) is 31.9. The van der Waals surface area contributed by atoms with Crippen molar-refractivity contribution in [2.75, 3.05) is 5.75 Å². The van der Waals surface area contributed by atoms with Crippen molar-refractivity contribution in [1.82, 2.24) is 20.6 Å². The fourth-order valence-electron chi connectivity index (χ4n) is 6.93. The van der Waals surface area contributed by atoms with Crippen LogP contribution in [0.4, 0.5) is 0 Å². The molecule has 3 saturated heterocycles. The Morgan fingerprint density at radius 3 is 2.11 bits per heavy atom. The van der Waals surface area contributed by atoms with Crippen LogP contribution in [0.3, 0.4) is 0 Å². The van der Waals surface area contributed by atoms with E-state index in [1.54, 1.807) is 0 Å². The smallest absolute Gasteiger partial charge is 0.303 e. The van der Waals surface area contributed by atoms with Crippen LogP contribution in [-0.4, -0.2) is 61.0 Å². The Bertz CT molecular complexity index is 1560. The average molecular weight is 623 g/mol. The lowest BCUT2D eigenvalue weighted by atomic mass is 9.91. The summed E-state index contributed by atoms with van der Waals surface area (Å²) in [6.07, 6.45) is 5.54. The number of aromatic amines is 2. The predicted octanol–water partition coefficient (Wildman–Crippen LogP) is 4.05. The molecule has 236 valence electrons. The number of carbonyl (C=O) groups excluding carboxylic acids is 2. The molecule has 2 aromatic heterocycles. The van der Waals surface area contributed by atoms with Gasteiger partial charge in [-0.05, 0) is 61.9 Å². The van der Waals surface area contributed by atoms with E-state index in [9.17, 15) is 29.4 Å². The summed E-state index contributed by atoms with van der Waals surface area (Å²) in [6.45, 7) is 9.84. The van der Waals surface area contributed by atoms with Crippen LogP contribution in [0.25, 0.3) is 6.08 Å². The lowest BCUT2D eigenvalue weighted by molar-refractivity contribution is -0.138. The Morgan fingerprint density at radius 2 is 1.55 bits per heavy atom. The van der Waals surface area contributed by atoms with E-state index in [2.05, 4.69) is 20.6 Å². The molecular formula is C33H42N4O6S. The van der Waals surface area contributed by atoms with Crippen molar-refractivity contribution in [3.8, 4) is 0 Å². The van der Waals surface area contributed by atoms with Crippen LogP contribution in [0.15, 0.2) is 17.3 Å². The summed E-state index contributed by atoms with van der Waals surface area (Å²) in [5.41, 5.74) is 9.01. The quantitative estimate of drug-likeness (QED) is 0.154.